The average Bonchev–Trinajstić information content (AvgIpc) is 2.20. The smallest absolute Gasteiger partial charge is 0.237 e. The molecule has 0 radical (unpaired) electrons. The maximum Gasteiger partial charge on any atom is 0.237 e. The summed E-state index contributed by atoms with van der Waals surface area (Å²) < 4.78 is 0. The number of hydrogen-bond donors (Lipinski definition) is 1. The number of nitriles is 1. The Labute approximate surface area is 86.5 Å². The molecule has 0 rings (SSSR count). The van der Waals surface area contributed by atoms with Gasteiger partial charge in [0.25, 0.3) is 0 Å². The fourth-order valence-electron chi connectivity index (χ4n) is 1.25. The van der Waals surface area contributed by atoms with E-state index in [1.807, 2.05) is 13.0 Å². The van der Waals surface area contributed by atoms with Crippen LogP contribution >= 0.6 is 0 Å². The summed E-state index contributed by atoms with van der Waals surface area (Å²) in [6.45, 7) is 4.81. The Bertz CT molecular complexity index is 196. The molecule has 3 heteroatoms. The quantitative estimate of drug-likeness (QED) is 0.635. The van der Waals surface area contributed by atoms with Gasteiger partial charge in [0, 0.05) is 6.54 Å². The standard InChI is InChI=1S/C11H20N2O/c1-3-5-6-8-13-11(14)10(9-12)7-4-2/h10H,3-8H2,1-2H3,(H,13,14). The van der Waals surface area contributed by atoms with Crippen LogP contribution in [0, 0.1) is 17.2 Å². The van der Waals surface area contributed by atoms with Crippen molar-refractivity contribution in [2.75, 3.05) is 6.54 Å². The van der Waals surface area contributed by atoms with E-state index in [-0.39, 0.29) is 5.91 Å². The van der Waals surface area contributed by atoms with Crippen molar-refractivity contribution in [3.05, 3.63) is 0 Å². The number of nitrogens with one attached hydrogen (secondary N) is 1. The maximum atomic E-state index is 11.4. The van der Waals surface area contributed by atoms with Gasteiger partial charge in [0.1, 0.15) is 5.92 Å². The lowest BCUT2D eigenvalue weighted by Gasteiger charge is -2.08. The first kappa shape index (κ1) is 13.0. The molecule has 0 heterocycles. The second-order valence-corrected chi connectivity index (χ2v) is 3.47. The van der Waals surface area contributed by atoms with Crippen molar-refractivity contribution >= 4 is 5.91 Å². The van der Waals surface area contributed by atoms with Crippen LogP contribution in [-0.2, 0) is 4.79 Å². The van der Waals surface area contributed by atoms with Gasteiger partial charge in [-0.2, -0.15) is 5.26 Å². The lowest BCUT2D eigenvalue weighted by Crippen LogP contribution is -2.30. The molecule has 0 saturated carbocycles. The van der Waals surface area contributed by atoms with Gasteiger partial charge in [0.05, 0.1) is 6.07 Å². The Morgan fingerprint density at radius 2 is 2.07 bits per heavy atom. The Hall–Kier alpha value is -1.04. The summed E-state index contributed by atoms with van der Waals surface area (Å²) in [5.74, 6) is -0.563. The molecule has 3 nitrogen and oxygen atoms in total. The van der Waals surface area contributed by atoms with E-state index < -0.39 is 5.92 Å². The number of amides is 1. The summed E-state index contributed by atoms with van der Waals surface area (Å²) in [6.07, 6.45) is 4.82. The fraction of sp³-hybridized carbons (Fsp3) is 0.818. The third-order valence-corrected chi connectivity index (χ3v) is 2.13. The maximum absolute atomic E-state index is 11.4. The highest BCUT2D eigenvalue weighted by molar-refractivity contribution is 5.80. The van der Waals surface area contributed by atoms with Gasteiger partial charge in [-0.05, 0) is 12.8 Å². The first-order valence-electron chi connectivity index (χ1n) is 5.43. The fourth-order valence-corrected chi connectivity index (χ4v) is 1.25. The van der Waals surface area contributed by atoms with E-state index in [1.165, 1.54) is 0 Å². The molecule has 0 bridgehead atoms. The Morgan fingerprint density at radius 3 is 2.57 bits per heavy atom. The molecule has 0 saturated heterocycles. The van der Waals surface area contributed by atoms with Gasteiger partial charge in [-0.25, -0.2) is 0 Å². The Morgan fingerprint density at radius 1 is 1.36 bits per heavy atom. The molecule has 1 atom stereocenters. The molecular formula is C11H20N2O. The lowest BCUT2D eigenvalue weighted by molar-refractivity contribution is -0.123. The highest BCUT2D eigenvalue weighted by Crippen LogP contribution is 2.04. The molecule has 0 aliphatic heterocycles. The van der Waals surface area contributed by atoms with Gasteiger partial charge >= 0.3 is 0 Å². The minimum absolute atomic E-state index is 0.106. The molecule has 1 N–H and O–H groups in total. The summed E-state index contributed by atoms with van der Waals surface area (Å²) in [6, 6.07) is 2.03. The van der Waals surface area contributed by atoms with Crippen LogP contribution in [0.1, 0.15) is 46.0 Å². The molecule has 0 aromatic rings. The zero-order chi connectivity index (χ0) is 10.8. The topological polar surface area (TPSA) is 52.9 Å². The number of rotatable bonds is 7. The summed E-state index contributed by atoms with van der Waals surface area (Å²) in [5.41, 5.74) is 0. The minimum Gasteiger partial charge on any atom is -0.355 e. The number of carbonyl (C=O) groups excluding carboxylic acids is 1. The molecule has 0 aliphatic carbocycles. The molecule has 80 valence electrons. The normalized spacial score (nSPS) is 11.8. The zero-order valence-corrected chi connectivity index (χ0v) is 9.18. The number of nitrogens with zero attached hydrogens (tertiary/aromatic N) is 1. The van der Waals surface area contributed by atoms with Crippen molar-refractivity contribution in [2.24, 2.45) is 5.92 Å². The molecule has 1 amide bonds. The van der Waals surface area contributed by atoms with E-state index in [9.17, 15) is 4.79 Å². The van der Waals surface area contributed by atoms with Crippen LogP contribution in [0.25, 0.3) is 0 Å². The average molecular weight is 196 g/mol. The van der Waals surface area contributed by atoms with Crippen LogP contribution in [0.4, 0.5) is 0 Å². The van der Waals surface area contributed by atoms with Crippen molar-refractivity contribution < 1.29 is 4.79 Å². The van der Waals surface area contributed by atoms with Crippen LogP contribution in [0.3, 0.4) is 0 Å². The molecular weight excluding hydrogens is 176 g/mol. The Kier molecular flexibility index (Phi) is 7.92. The predicted octanol–water partition coefficient (Wildman–Crippen LogP) is 2.23. The third kappa shape index (κ3) is 5.58. The van der Waals surface area contributed by atoms with Gasteiger partial charge in [-0.1, -0.05) is 33.1 Å². The largest absolute Gasteiger partial charge is 0.355 e. The number of hydrogen-bond acceptors (Lipinski definition) is 2. The van der Waals surface area contributed by atoms with Crippen molar-refractivity contribution in [3.63, 3.8) is 0 Å². The molecule has 14 heavy (non-hydrogen) atoms. The van der Waals surface area contributed by atoms with E-state index in [1.54, 1.807) is 0 Å². The highest BCUT2D eigenvalue weighted by atomic mass is 16.1. The molecule has 0 spiro atoms. The van der Waals surface area contributed by atoms with Crippen LogP contribution < -0.4 is 5.32 Å². The highest BCUT2D eigenvalue weighted by Gasteiger charge is 2.15. The summed E-state index contributed by atoms with van der Waals surface area (Å²) >= 11 is 0. The third-order valence-electron chi connectivity index (χ3n) is 2.13. The van der Waals surface area contributed by atoms with E-state index in [4.69, 9.17) is 5.26 Å². The van der Waals surface area contributed by atoms with Crippen molar-refractivity contribution in [2.45, 2.75) is 46.0 Å². The molecule has 0 fully saturated rings. The van der Waals surface area contributed by atoms with Gasteiger partial charge in [0.15, 0.2) is 0 Å². The molecule has 0 aromatic heterocycles. The van der Waals surface area contributed by atoms with E-state index in [0.717, 1.165) is 25.7 Å². The van der Waals surface area contributed by atoms with Crippen LogP contribution in [0.2, 0.25) is 0 Å². The molecule has 0 aliphatic rings. The van der Waals surface area contributed by atoms with Crippen molar-refractivity contribution in [1.82, 2.24) is 5.32 Å². The van der Waals surface area contributed by atoms with Gasteiger partial charge < -0.3 is 5.32 Å². The monoisotopic (exact) mass is 196 g/mol. The number of unbranched alkanes of at least 4 members (excludes halogenated alkanes) is 2. The lowest BCUT2D eigenvalue weighted by atomic mass is 10.0. The second-order valence-electron chi connectivity index (χ2n) is 3.47. The summed E-state index contributed by atoms with van der Waals surface area (Å²) in [7, 11) is 0. The number of carbonyl (C=O) groups is 1. The van der Waals surface area contributed by atoms with E-state index >= 15 is 0 Å². The van der Waals surface area contributed by atoms with Gasteiger partial charge in [-0.15, -0.1) is 0 Å². The van der Waals surface area contributed by atoms with E-state index in [0.29, 0.717) is 13.0 Å². The minimum atomic E-state index is -0.457. The van der Waals surface area contributed by atoms with Crippen LogP contribution in [0.15, 0.2) is 0 Å². The first-order valence-corrected chi connectivity index (χ1v) is 5.43. The van der Waals surface area contributed by atoms with Crippen molar-refractivity contribution in [3.8, 4) is 6.07 Å². The van der Waals surface area contributed by atoms with Crippen LogP contribution in [-0.4, -0.2) is 12.5 Å². The summed E-state index contributed by atoms with van der Waals surface area (Å²) in [4.78, 5) is 11.4. The second kappa shape index (κ2) is 8.55. The SMILES string of the molecule is CCCCCNC(=O)C(C#N)CCC. The zero-order valence-electron chi connectivity index (χ0n) is 9.18. The molecule has 0 aromatic carbocycles. The molecule has 1 unspecified atom stereocenters. The predicted molar refractivity (Wildman–Crippen MR) is 56.5 cm³/mol. The van der Waals surface area contributed by atoms with Crippen LogP contribution in [0.5, 0.6) is 0 Å². The summed E-state index contributed by atoms with van der Waals surface area (Å²) in [5, 5.41) is 11.5. The Balaban J connectivity index is 3.65. The van der Waals surface area contributed by atoms with Gasteiger partial charge in [0.2, 0.25) is 5.91 Å². The van der Waals surface area contributed by atoms with Gasteiger partial charge in [-0.3, -0.25) is 4.79 Å². The first-order chi connectivity index (χ1) is 6.76. The van der Waals surface area contributed by atoms with Crippen molar-refractivity contribution in [1.29, 1.82) is 5.26 Å². The van der Waals surface area contributed by atoms with E-state index in [2.05, 4.69) is 12.2 Å².